The lowest BCUT2D eigenvalue weighted by atomic mass is 9.74. The Morgan fingerprint density at radius 1 is 1.69 bits per heavy atom. The van der Waals surface area contributed by atoms with Gasteiger partial charge in [0.15, 0.2) is 0 Å². The molecule has 1 heterocycles. The van der Waals surface area contributed by atoms with E-state index in [2.05, 4.69) is 15.9 Å². The third-order valence-corrected chi connectivity index (χ3v) is 3.92. The first-order chi connectivity index (χ1) is 7.46. The maximum absolute atomic E-state index is 11.5. The van der Waals surface area contributed by atoms with Crippen LogP contribution in [0.15, 0.2) is 0 Å². The van der Waals surface area contributed by atoms with E-state index in [0.29, 0.717) is 6.42 Å². The first-order valence-corrected chi connectivity index (χ1v) is 6.56. The normalized spacial score (nSPS) is 41.7. The van der Waals surface area contributed by atoms with Gasteiger partial charge in [-0.3, -0.25) is 9.59 Å². The van der Waals surface area contributed by atoms with Gasteiger partial charge in [-0.05, 0) is 19.3 Å². The highest BCUT2D eigenvalue weighted by Gasteiger charge is 2.56. The lowest BCUT2D eigenvalue weighted by Crippen LogP contribution is -2.48. The van der Waals surface area contributed by atoms with E-state index in [1.54, 1.807) is 0 Å². The van der Waals surface area contributed by atoms with E-state index in [0.717, 1.165) is 6.42 Å². The van der Waals surface area contributed by atoms with Gasteiger partial charge in [0.2, 0.25) is 0 Å². The summed E-state index contributed by atoms with van der Waals surface area (Å²) in [4.78, 5) is 22.9. The minimum Gasteiger partial charge on any atom is -0.457 e. The molecule has 16 heavy (non-hydrogen) atoms. The van der Waals surface area contributed by atoms with Gasteiger partial charge in [0.05, 0.1) is 5.92 Å². The molecule has 0 spiro atoms. The average molecular weight is 291 g/mol. The lowest BCUT2D eigenvalue weighted by Gasteiger charge is -2.38. The summed E-state index contributed by atoms with van der Waals surface area (Å²) < 4.78 is 10.7. The number of fused-ring (bicyclic) bond motifs is 2. The summed E-state index contributed by atoms with van der Waals surface area (Å²) >= 11 is 3.06. The number of hydrogen-bond acceptors (Lipinski definition) is 4. The molecule has 0 aromatic carbocycles. The summed E-state index contributed by atoms with van der Waals surface area (Å²) in [6.07, 6.45) is 1.09. The van der Waals surface area contributed by atoms with Crippen LogP contribution in [0.1, 0.15) is 26.7 Å². The molecule has 1 aliphatic heterocycles. The van der Waals surface area contributed by atoms with Gasteiger partial charge in [0, 0.05) is 6.42 Å². The van der Waals surface area contributed by atoms with Crippen LogP contribution in [-0.2, 0) is 19.1 Å². The van der Waals surface area contributed by atoms with E-state index in [-0.39, 0.29) is 35.2 Å². The number of carbonyl (C=O) groups excluding carboxylic acids is 2. The quantitative estimate of drug-likeness (QED) is 0.573. The van der Waals surface area contributed by atoms with Crippen molar-refractivity contribution < 1.29 is 19.1 Å². The number of rotatable bonds is 2. The average Bonchev–Trinajstić information content (AvgIpc) is 2.46. The van der Waals surface area contributed by atoms with Crippen molar-refractivity contribution in [3.63, 3.8) is 0 Å². The predicted octanol–water partition coefficient (Wildman–Crippen LogP) is 1.65. The van der Waals surface area contributed by atoms with Gasteiger partial charge in [-0.1, -0.05) is 22.9 Å². The van der Waals surface area contributed by atoms with E-state index in [1.807, 2.05) is 13.8 Å². The maximum atomic E-state index is 11.5. The number of halogens is 1. The molecule has 0 radical (unpaired) electrons. The fraction of sp³-hybridized carbons (Fsp3) is 0.818. The Morgan fingerprint density at radius 2 is 2.38 bits per heavy atom. The van der Waals surface area contributed by atoms with Crippen LogP contribution < -0.4 is 0 Å². The van der Waals surface area contributed by atoms with E-state index in [9.17, 15) is 9.59 Å². The minimum absolute atomic E-state index is 0.0149. The summed E-state index contributed by atoms with van der Waals surface area (Å²) in [6, 6.07) is 0. The topological polar surface area (TPSA) is 52.6 Å². The van der Waals surface area contributed by atoms with Crippen molar-refractivity contribution >= 4 is 27.9 Å². The summed E-state index contributed by atoms with van der Waals surface area (Å²) in [5.74, 6) is -0.302. The van der Waals surface area contributed by atoms with E-state index < -0.39 is 5.60 Å². The summed E-state index contributed by atoms with van der Waals surface area (Å²) in [5.41, 5.74) is -0.628. The second-order valence-electron chi connectivity index (χ2n) is 4.89. The Bertz CT molecular complexity index is 330. The van der Waals surface area contributed by atoms with E-state index in [4.69, 9.17) is 9.47 Å². The molecule has 2 bridgehead atoms. The van der Waals surface area contributed by atoms with E-state index >= 15 is 0 Å². The van der Waals surface area contributed by atoms with Crippen LogP contribution in [0.4, 0.5) is 0 Å². The molecular weight excluding hydrogens is 276 g/mol. The van der Waals surface area contributed by atoms with E-state index in [1.165, 1.54) is 0 Å². The molecule has 4 unspecified atom stereocenters. The molecule has 5 heteroatoms. The molecule has 4 nitrogen and oxygen atoms in total. The molecule has 1 saturated heterocycles. The Kier molecular flexibility index (Phi) is 2.99. The third-order valence-electron chi connectivity index (χ3n) is 3.46. The first kappa shape index (κ1) is 11.9. The second-order valence-corrected chi connectivity index (χ2v) is 5.45. The van der Waals surface area contributed by atoms with Crippen LogP contribution in [0.3, 0.4) is 0 Å². The maximum Gasteiger partial charge on any atom is 0.316 e. The molecule has 2 aliphatic rings. The van der Waals surface area contributed by atoms with Crippen molar-refractivity contribution in [2.24, 2.45) is 11.8 Å². The fourth-order valence-electron chi connectivity index (χ4n) is 2.87. The molecular formula is C11H15BrO4. The predicted molar refractivity (Wildman–Crippen MR) is 60.1 cm³/mol. The van der Waals surface area contributed by atoms with Gasteiger partial charge < -0.3 is 9.47 Å². The molecule has 0 aromatic heterocycles. The summed E-state index contributed by atoms with van der Waals surface area (Å²) in [6.45, 7) is 3.85. The molecule has 0 aromatic rings. The van der Waals surface area contributed by atoms with Crippen molar-refractivity contribution in [2.45, 2.75) is 38.4 Å². The third kappa shape index (κ3) is 1.85. The van der Waals surface area contributed by atoms with Gasteiger partial charge >= 0.3 is 11.9 Å². The fourth-order valence-corrected chi connectivity index (χ4v) is 3.00. The van der Waals surface area contributed by atoms with Crippen LogP contribution >= 0.6 is 15.9 Å². The highest BCUT2D eigenvalue weighted by atomic mass is 79.9. The minimum atomic E-state index is -0.628. The Labute approximate surface area is 103 Å². The van der Waals surface area contributed by atoms with Crippen LogP contribution in [0, 0.1) is 11.8 Å². The molecule has 2 fully saturated rings. The van der Waals surface area contributed by atoms with Crippen LogP contribution in [0.25, 0.3) is 0 Å². The Hall–Kier alpha value is -0.580. The number of carbonyl (C=O) groups is 2. The van der Waals surface area contributed by atoms with Crippen LogP contribution in [0.5, 0.6) is 0 Å². The van der Waals surface area contributed by atoms with Crippen molar-refractivity contribution in [3.8, 4) is 0 Å². The zero-order valence-electron chi connectivity index (χ0n) is 9.36. The highest BCUT2D eigenvalue weighted by Crippen LogP contribution is 2.46. The number of esters is 2. The van der Waals surface area contributed by atoms with Gasteiger partial charge in [-0.2, -0.15) is 0 Å². The van der Waals surface area contributed by atoms with Crippen molar-refractivity contribution in [3.05, 3.63) is 0 Å². The Morgan fingerprint density at radius 3 is 3.00 bits per heavy atom. The summed E-state index contributed by atoms with van der Waals surface area (Å²) in [7, 11) is 0. The van der Waals surface area contributed by atoms with Gasteiger partial charge in [0.25, 0.3) is 0 Å². The standard InChI is InChI=1S/C11H15BrO4/c1-6-3-7-4-11(2,16-10(7)14)9(6)15-8(13)5-12/h6-7,9H,3-5H2,1-2H3. The van der Waals surface area contributed by atoms with Gasteiger partial charge in [0.1, 0.15) is 17.0 Å². The Balaban J connectivity index is 2.17. The second kappa shape index (κ2) is 4.02. The highest BCUT2D eigenvalue weighted by molar-refractivity contribution is 9.09. The zero-order chi connectivity index (χ0) is 11.9. The summed E-state index contributed by atoms with van der Waals surface area (Å²) in [5, 5.41) is 0.170. The van der Waals surface area contributed by atoms with Gasteiger partial charge in [-0.15, -0.1) is 0 Å². The largest absolute Gasteiger partial charge is 0.457 e. The molecule has 2 rings (SSSR count). The molecule has 1 saturated carbocycles. The van der Waals surface area contributed by atoms with Crippen LogP contribution in [0.2, 0.25) is 0 Å². The molecule has 90 valence electrons. The van der Waals surface area contributed by atoms with Gasteiger partial charge in [-0.25, -0.2) is 0 Å². The zero-order valence-corrected chi connectivity index (χ0v) is 11.0. The first-order valence-electron chi connectivity index (χ1n) is 5.44. The monoisotopic (exact) mass is 290 g/mol. The lowest BCUT2D eigenvalue weighted by molar-refractivity contribution is -0.176. The smallest absolute Gasteiger partial charge is 0.316 e. The number of hydrogen-bond donors (Lipinski definition) is 0. The SMILES string of the molecule is CC1CC2CC(C)(OC2=O)C1OC(=O)CBr. The molecule has 1 aliphatic carbocycles. The molecule has 0 amide bonds. The number of alkyl halides is 1. The number of ether oxygens (including phenoxy) is 2. The van der Waals surface area contributed by atoms with Crippen molar-refractivity contribution in [1.82, 2.24) is 0 Å². The molecule has 0 N–H and O–H groups in total. The van der Waals surface area contributed by atoms with Crippen molar-refractivity contribution in [2.75, 3.05) is 5.33 Å². The molecule has 4 atom stereocenters. The van der Waals surface area contributed by atoms with Crippen molar-refractivity contribution in [1.29, 1.82) is 0 Å². The van der Waals surface area contributed by atoms with Crippen LogP contribution in [-0.4, -0.2) is 29.0 Å².